The number of ether oxygens (including phenoxy) is 3. The first-order chi connectivity index (χ1) is 17.0. The highest BCUT2D eigenvalue weighted by molar-refractivity contribution is 7.99. The highest BCUT2D eigenvalue weighted by Crippen LogP contribution is 2.53. The highest BCUT2D eigenvalue weighted by Gasteiger charge is 2.53. The van der Waals surface area contributed by atoms with Crippen LogP contribution >= 0.6 is 23.4 Å². The average Bonchev–Trinajstić information content (AvgIpc) is 2.87. The minimum Gasteiger partial charge on any atom is -0.490 e. The summed E-state index contributed by atoms with van der Waals surface area (Å²) < 4.78 is 47.3. The van der Waals surface area contributed by atoms with Crippen molar-refractivity contribution < 1.29 is 23.0 Å². The Bertz CT molecular complexity index is 1180. The molecule has 0 N–H and O–H groups in total. The molecule has 4 nitrogen and oxygen atoms in total. The second kappa shape index (κ2) is 10.3. The number of halogens is 3. The van der Waals surface area contributed by atoms with Crippen molar-refractivity contribution in [1.82, 2.24) is 4.98 Å². The van der Waals surface area contributed by atoms with Gasteiger partial charge in [-0.25, -0.2) is 13.8 Å². The molecule has 1 saturated heterocycles. The molecule has 184 valence electrons. The lowest BCUT2D eigenvalue weighted by molar-refractivity contribution is -0.0961. The molecule has 5 rings (SSSR count). The molecule has 1 fully saturated rings. The number of pyridine rings is 1. The molecule has 3 heterocycles. The minimum atomic E-state index is -0.636. The van der Waals surface area contributed by atoms with Crippen LogP contribution in [0.25, 0.3) is 0 Å². The lowest BCUT2D eigenvalue weighted by Gasteiger charge is -2.51. The van der Waals surface area contributed by atoms with Gasteiger partial charge in [0, 0.05) is 51.4 Å². The average molecular weight is 518 g/mol. The van der Waals surface area contributed by atoms with Crippen molar-refractivity contribution >= 4 is 23.4 Å². The number of nitrogens with zero attached hydrogens (tertiary/aromatic N) is 1. The van der Waals surface area contributed by atoms with Crippen molar-refractivity contribution in [1.29, 1.82) is 0 Å². The maximum atomic E-state index is 15.4. The van der Waals surface area contributed by atoms with Gasteiger partial charge in [0.1, 0.15) is 5.82 Å². The van der Waals surface area contributed by atoms with E-state index in [9.17, 15) is 4.39 Å². The predicted octanol–water partition coefficient (Wildman–Crippen LogP) is 6.48. The van der Waals surface area contributed by atoms with E-state index in [1.54, 1.807) is 25.1 Å². The predicted molar refractivity (Wildman–Crippen MR) is 133 cm³/mol. The molecular weight excluding hydrogens is 492 g/mol. The molecule has 0 unspecified atom stereocenters. The first-order valence-corrected chi connectivity index (χ1v) is 13.0. The van der Waals surface area contributed by atoms with E-state index < -0.39 is 17.0 Å². The monoisotopic (exact) mass is 517 g/mol. The molecule has 0 bridgehead atoms. The molecule has 0 amide bonds. The van der Waals surface area contributed by atoms with Gasteiger partial charge in [-0.2, -0.15) is 0 Å². The second-order valence-corrected chi connectivity index (χ2v) is 10.5. The van der Waals surface area contributed by atoms with Crippen LogP contribution in [0.4, 0.5) is 8.78 Å². The molecule has 0 aliphatic carbocycles. The third-order valence-corrected chi connectivity index (χ3v) is 8.29. The summed E-state index contributed by atoms with van der Waals surface area (Å²) in [6.45, 7) is 0.749. The van der Waals surface area contributed by atoms with E-state index in [1.807, 2.05) is 36.4 Å². The molecule has 2 aromatic carbocycles. The number of benzene rings is 2. The summed E-state index contributed by atoms with van der Waals surface area (Å²) in [6.07, 6.45) is 3.53. The Kier molecular flexibility index (Phi) is 7.19. The van der Waals surface area contributed by atoms with E-state index in [4.69, 9.17) is 25.8 Å². The smallest absolute Gasteiger partial charge is 0.212 e. The summed E-state index contributed by atoms with van der Waals surface area (Å²) in [6, 6.07) is 13.7. The standard InChI is InChI=1S/C27H26ClF2NO3S/c1-32-24-9-6-19(15-31-24)35-13-10-23-20-16-34-26-22(30)8-7-21(29)25(26)27(20,11-12-33-23)14-17-2-4-18(28)5-3-17/h2-9,15,20,23H,10-14,16H2,1H3/t20-,23-,27-/m0/s1. The fourth-order valence-corrected chi connectivity index (χ4v) is 6.37. The Labute approximate surface area is 213 Å². The topological polar surface area (TPSA) is 40.6 Å². The van der Waals surface area contributed by atoms with Crippen molar-refractivity contribution in [2.24, 2.45) is 5.92 Å². The number of thioether (sulfide) groups is 1. The van der Waals surface area contributed by atoms with Crippen molar-refractivity contribution in [2.45, 2.75) is 35.7 Å². The number of aromatic nitrogens is 1. The van der Waals surface area contributed by atoms with Crippen LogP contribution in [0, 0.1) is 17.6 Å². The number of methoxy groups -OCH3 is 1. The lowest BCUT2D eigenvalue weighted by Crippen LogP contribution is -2.55. The van der Waals surface area contributed by atoms with Gasteiger partial charge in [-0.05, 0) is 55.2 Å². The summed E-state index contributed by atoms with van der Waals surface area (Å²) in [7, 11) is 1.59. The summed E-state index contributed by atoms with van der Waals surface area (Å²) in [4.78, 5) is 5.29. The Morgan fingerprint density at radius 3 is 2.66 bits per heavy atom. The van der Waals surface area contributed by atoms with Crippen LogP contribution in [0.1, 0.15) is 24.0 Å². The van der Waals surface area contributed by atoms with Crippen LogP contribution in [0.5, 0.6) is 11.6 Å². The molecule has 3 atom stereocenters. The van der Waals surface area contributed by atoms with E-state index in [1.165, 1.54) is 6.07 Å². The van der Waals surface area contributed by atoms with E-state index in [0.717, 1.165) is 28.7 Å². The van der Waals surface area contributed by atoms with Crippen molar-refractivity contribution in [3.8, 4) is 11.6 Å². The maximum Gasteiger partial charge on any atom is 0.212 e. The van der Waals surface area contributed by atoms with Gasteiger partial charge >= 0.3 is 0 Å². The molecule has 0 radical (unpaired) electrons. The fourth-order valence-electron chi connectivity index (χ4n) is 5.36. The van der Waals surface area contributed by atoms with Crippen LogP contribution in [-0.4, -0.2) is 37.2 Å². The Balaban J connectivity index is 1.43. The first kappa shape index (κ1) is 24.3. The van der Waals surface area contributed by atoms with Crippen LogP contribution in [0.3, 0.4) is 0 Å². The van der Waals surface area contributed by atoms with Gasteiger partial charge in [0.05, 0.1) is 19.8 Å². The third-order valence-electron chi connectivity index (χ3n) is 7.02. The summed E-state index contributed by atoms with van der Waals surface area (Å²) in [5.41, 5.74) is 0.724. The van der Waals surface area contributed by atoms with Crippen molar-refractivity contribution in [2.75, 3.05) is 26.1 Å². The zero-order chi connectivity index (χ0) is 24.4. The van der Waals surface area contributed by atoms with Gasteiger partial charge in [0.2, 0.25) is 5.88 Å². The largest absolute Gasteiger partial charge is 0.490 e. The molecule has 8 heteroatoms. The Morgan fingerprint density at radius 1 is 1.11 bits per heavy atom. The Hall–Kier alpha value is -2.35. The summed E-state index contributed by atoms with van der Waals surface area (Å²) in [5, 5.41) is 0.641. The van der Waals surface area contributed by atoms with Crippen molar-refractivity contribution in [3.05, 3.63) is 82.5 Å². The van der Waals surface area contributed by atoms with E-state index in [-0.39, 0.29) is 24.4 Å². The molecule has 3 aromatic rings. The molecule has 0 spiro atoms. The number of hydrogen-bond acceptors (Lipinski definition) is 5. The molecule has 35 heavy (non-hydrogen) atoms. The van der Waals surface area contributed by atoms with Gasteiger partial charge in [0.15, 0.2) is 11.6 Å². The van der Waals surface area contributed by atoms with Gasteiger partial charge < -0.3 is 14.2 Å². The second-order valence-electron chi connectivity index (χ2n) is 8.94. The van der Waals surface area contributed by atoms with Crippen molar-refractivity contribution in [3.63, 3.8) is 0 Å². The van der Waals surface area contributed by atoms with Crippen LogP contribution in [0.2, 0.25) is 5.02 Å². The number of hydrogen-bond donors (Lipinski definition) is 0. The zero-order valence-electron chi connectivity index (χ0n) is 19.3. The van der Waals surface area contributed by atoms with E-state index in [0.29, 0.717) is 35.9 Å². The van der Waals surface area contributed by atoms with Gasteiger partial charge in [-0.15, -0.1) is 11.8 Å². The molecule has 2 aliphatic rings. The Morgan fingerprint density at radius 2 is 1.91 bits per heavy atom. The van der Waals surface area contributed by atoms with Crippen LogP contribution < -0.4 is 9.47 Å². The maximum absolute atomic E-state index is 15.4. The van der Waals surface area contributed by atoms with Crippen LogP contribution in [0.15, 0.2) is 59.6 Å². The van der Waals surface area contributed by atoms with Gasteiger partial charge in [0.25, 0.3) is 0 Å². The quantitative estimate of drug-likeness (QED) is 0.335. The highest BCUT2D eigenvalue weighted by atomic mass is 35.5. The van der Waals surface area contributed by atoms with Gasteiger partial charge in [-0.3, -0.25) is 0 Å². The lowest BCUT2D eigenvalue weighted by atomic mass is 9.60. The first-order valence-electron chi connectivity index (χ1n) is 11.6. The van der Waals surface area contributed by atoms with Gasteiger partial charge in [-0.1, -0.05) is 23.7 Å². The number of fused-ring (bicyclic) bond motifs is 3. The molecular formula is C27H26ClF2NO3S. The van der Waals surface area contributed by atoms with E-state index in [2.05, 4.69) is 4.98 Å². The molecule has 0 saturated carbocycles. The SMILES string of the molecule is COc1ccc(SCC[C@@H]2OCC[C@@]3(Cc4ccc(Cl)cc4)c4c(F)ccc(F)c4OC[C@@H]23)cn1. The molecule has 1 aromatic heterocycles. The fraction of sp³-hybridized carbons (Fsp3) is 0.370. The third kappa shape index (κ3) is 4.86. The normalized spacial score (nSPS) is 23.2. The van der Waals surface area contributed by atoms with E-state index >= 15 is 4.39 Å². The summed E-state index contributed by atoms with van der Waals surface area (Å²) >= 11 is 7.78. The zero-order valence-corrected chi connectivity index (χ0v) is 20.9. The minimum absolute atomic E-state index is 0.0366. The number of rotatable bonds is 7. The van der Waals surface area contributed by atoms with Crippen LogP contribution in [-0.2, 0) is 16.6 Å². The molecule has 2 aliphatic heterocycles. The summed E-state index contributed by atoms with van der Waals surface area (Å²) in [5.74, 6) is 0.328.